The number of aliphatic hydroxyl groups excluding tert-OH is 1. The van der Waals surface area contributed by atoms with Crippen LogP contribution < -0.4 is 86.7 Å². The van der Waals surface area contributed by atoms with E-state index in [1.165, 1.54) is 61.1 Å². The molecule has 0 aliphatic heterocycles. The number of carbonyl (C=O) groups is 17. The van der Waals surface area contributed by atoms with Crippen molar-refractivity contribution in [3.8, 4) is 11.5 Å². The van der Waals surface area contributed by atoms with E-state index in [9.17, 15) is 112 Å². The first-order valence-corrected chi connectivity index (χ1v) is 37.1. The normalized spacial score (nSPS) is 15.1. The number of H-pyrrole nitrogens is 1. The van der Waals surface area contributed by atoms with Gasteiger partial charge in [0.25, 0.3) is 0 Å². The summed E-state index contributed by atoms with van der Waals surface area (Å²) >= 11 is 0. The summed E-state index contributed by atoms with van der Waals surface area (Å²) in [6, 6.07) is -11.3. The van der Waals surface area contributed by atoms with Gasteiger partial charge in [0, 0.05) is 44.0 Å². The van der Waals surface area contributed by atoms with E-state index in [0.29, 0.717) is 24.9 Å². The number of carboxylic acids is 3. The molecule has 41 nitrogen and oxygen atoms in total. The molecule has 14 amide bonds. The van der Waals surface area contributed by atoms with Gasteiger partial charge in [0.1, 0.15) is 84.0 Å². The molecule has 0 saturated heterocycles. The molecular weight excluding hydrogens is 1500 g/mol. The van der Waals surface area contributed by atoms with Crippen molar-refractivity contribution in [3.63, 3.8) is 0 Å². The first kappa shape index (κ1) is 96.3. The number of nitrogens with zero attached hydrogens (tertiary/aromatic N) is 1. The minimum absolute atomic E-state index is 0.0355. The maximum atomic E-state index is 14.8. The summed E-state index contributed by atoms with van der Waals surface area (Å²) < 4.78 is 0. The fraction of sp³-hybridized carbons (Fsp3) is 0.562. The number of primary amides is 2. The highest BCUT2D eigenvalue weighted by Gasteiger charge is 2.40. The number of amides is 14. The number of nitrogens with two attached hydrogens (primary N) is 4. The predicted octanol–water partition coefficient (Wildman–Crippen LogP) is -4.77. The van der Waals surface area contributed by atoms with E-state index in [4.69, 9.17) is 22.9 Å². The van der Waals surface area contributed by atoms with Crippen LogP contribution in [0.4, 0.5) is 0 Å². The molecule has 41 heteroatoms. The molecule has 0 aliphatic carbocycles. The Morgan fingerprint density at radius 3 is 1.18 bits per heavy atom. The standard InChI is InChI=1S/C73H110N18O23/c1-9-37(6)59(90-69(109)49(27-36(4)5)83-62(102)46(21-23-57(97)98)81-61(101)45(75)12-10-11-25-74)71(111)88-48(26-35(2)3)65(105)82-47(22-24-58(99)100)63(103)86-53(31-55(76)95)68(108)85-52(30-42-33-78-34-79-42)67(107)84-51(29-41-15-19-44(94)20-16-41)66(106)87-54(32-56(77)96)70(110)91-60(39(8)92)72(112)89-50(64(104)80-38(7)73(113)114)28-40-13-17-43(93)18-14-40/h13-20,33-39,45-54,59-60,92-94H,9-12,21-32,74-75H2,1-8H3,(H2,76,95)(H2,77,96)(H,78,79)(H,80,104)(H,81,101)(H,82,105)(H,83,102)(H,84,107)(H,85,108)(H,86,103)(H,87,106)(H,88,111)(H,89,112)(H,90,109)(H,91,110)(H,97,98)(H,99,100)(H,113,114)/t37-,38-,39+,45-,46-,47-,48-,49-,50-,51-,52-,53-,54-,59-,60-/m0/s1. The fourth-order valence-electron chi connectivity index (χ4n) is 11.3. The molecule has 0 unspecified atom stereocenters. The number of rotatable bonds is 52. The number of benzene rings is 2. The highest BCUT2D eigenvalue weighted by atomic mass is 16.4. The van der Waals surface area contributed by atoms with Crippen molar-refractivity contribution >= 4 is 101 Å². The van der Waals surface area contributed by atoms with Crippen molar-refractivity contribution in [2.45, 2.75) is 236 Å². The molecule has 0 saturated carbocycles. The second-order valence-corrected chi connectivity index (χ2v) is 28.6. The van der Waals surface area contributed by atoms with E-state index < -0.39 is 248 Å². The number of hydrogen-bond acceptors (Lipinski definition) is 23. The number of aromatic amines is 1. The van der Waals surface area contributed by atoms with Crippen LogP contribution in [0.5, 0.6) is 11.5 Å². The molecule has 114 heavy (non-hydrogen) atoms. The second kappa shape index (κ2) is 48.1. The van der Waals surface area contributed by atoms with Gasteiger partial charge in [0.2, 0.25) is 82.7 Å². The third-order valence-electron chi connectivity index (χ3n) is 17.8. The Morgan fingerprint density at radius 2 is 0.781 bits per heavy atom. The number of hydrogen-bond donors (Lipinski definition) is 23. The number of unbranched alkanes of at least 4 members (excludes halogenated alkanes) is 1. The SMILES string of the molecule is CC[C@H](C)[C@H](NC(=O)[C@H](CC(C)C)NC(=O)[C@H](CCC(=O)O)NC(=O)[C@@H](N)CCCCN)C(=O)N[C@@H](CC(C)C)C(=O)N[C@@H](CCC(=O)O)C(=O)N[C@@H](CC(N)=O)C(=O)N[C@@H](Cc1cnc[nH]1)C(=O)N[C@@H](Cc1ccc(O)cc1)C(=O)N[C@@H](CC(N)=O)C(=O)N[C@H](C(=O)N[C@@H](Cc1ccc(O)cc1)C(=O)N[C@@H](C)C(=O)O)[C@@H](C)O. The maximum absolute atomic E-state index is 14.8. The van der Waals surface area contributed by atoms with Crippen LogP contribution in [0.15, 0.2) is 61.1 Å². The van der Waals surface area contributed by atoms with E-state index in [-0.39, 0.29) is 60.8 Å². The van der Waals surface area contributed by atoms with E-state index in [1.54, 1.807) is 41.5 Å². The molecular formula is C73H110N18O23. The number of nitrogens with one attached hydrogen (secondary N) is 13. The van der Waals surface area contributed by atoms with Crippen molar-refractivity contribution in [1.82, 2.24) is 73.8 Å². The average Bonchev–Trinajstić information content (AvgIpc) is 1.12. The number of imidazole rings is 1. The smallest absolute Gasteiger partial charge is 0.325 e. The topological polar surface area (TPSA) is 689 Å². The quantitative estimate of drug-likeness (QED) is 0.0236. The monoisotopic (exact) mass is 1610 g/mol. The van der Waals surface area contributed by atoms with Crippen molar-refractivity contribution in [1.29, 1.82) is 0 Å². The van der Waals surface area contributed by atoms with Gasteiger partial charge in [0.05, 0.1) is 31.3 Å². The number of carbonyl (C=O) groups excluding carboxylic acids is 14. The van der Waals surface area contributed by atoms with Crippen molar-refractivity contribution < 1.29 is 112 Å². The Balaban J connectivity index is 2.02. The fourth-order valence-corrected chi connectivity index (χ4v) is 11.3. The number of aromatic hydroxyl groups is 2. The first-order chi connectivity index (χ1) is 53.5. The maximum Gasteiger partial charge on any atom is 0.325 e. The van der Waals surface area contributed by atoms with Crippen LogP contribution >= 0.6 is 0 Å². The molecule has 0 fully saturated rings. The van der Waals surface area contributed by atoms with Crippen molar-refractivity contribution in [2.75, 3.05) is 6.54 Å². The van der Waals surface area contributed by atoms with Gasteiger partial charge in [-0.3, -0.25) is 81.5 Å². The number of carboxylic acid groups (broad SMARTS) is 3. The van der Waals surface area contributed by atoms with Crippen LogP contribution in [0.2, 0.25) is 0 Å². The molecule has 15 atom stereocenters. The second-order valence-electron chi connectivity index (χ2n) is 28.6. The molecule has 0 aliphatic rings. The number of aromatic nitrogens is 2. The van der Waals surface area contributed by atoms with E-state index >= 15 is 0 Å². The Morgan fingerprint density at radius 1 is 0.430 bits per heavy atom. The Bertz CT molecular complexity index is 3790. The van der Waals surface area contributed by atoms with E-state index in [1.807, 2.05) is 0 Å². The molecule has 3 aromatic rings. The molecule has 27 N–H and O–H groups in total. The van der Waals surface area contributed by atoms with Gasteiger partial charge < -0.3 is 122 Å². The van der Waals surface area contributed by atoms with Crippen LogP contribution in [0.3, 0.4) is 0 Å². The molecule has 1 heterocycles. The summed E-state index contributed by atoms with van der Waals surface area (Å²) in [5.41, 5.74) is 23.5. The zero-order valence-corrected chi connectivity index (χ0v) is 64.8. The third-order valence-corrected chi connectivity index (χ3v) is 17.8. The lowest BCUT2D eigenvalue weighted by molar-refractivity contribution is -0.142. The van der Waals surface area contributed by atoms with Gasteiger partial charge in [-0.25, -0.2) is 4.98 Å². The molecule has 3 rings (SSSR count). The highest BCUT2D eigenvalue weighted by Crippen LogP contribution is 2.18. The van der Waals surface area contributed by atoms with Crippen LogP contribution in [0.25, 0.3) is 0 Å². The summed E-state index contributed by atoms with van der Waals surface area (Å²) in [5.74, 6) is -21.8. The first-order valence-electron chi connectivity index (χ1n) is 37.1. The predicted molar refractivity (Wildman–Crippen MR) is 405 cm³/mol. The zero-order chi connectivity index (χ0) is 85.8. The van der Waals surface area contributed by atoms with Crippen molar-refractivity contribution in [3.05, 3.63) is 77.9 Å². The average molecular weight is 1610 g/mol. The van der Waals surface area contributed by atoms with Gasteiger partial charge in [-0.1, -0.05) is 78.6 Å². The summed E-state index contributed by atoms with van der Waals surface area (Å²) in [6.07, 6.45) is -4.00. The molecule has 0 spiro atoms. The van der Waals surface area contributed by atoms with Gasteiger partial charge >= 0.3 is 17.9 Å². The van der Waals surface area contributed by atoms with Gasteiger partial charge in [-0.2, -0.15) is 0 Å². The van der Waals surface area contributed by atoms with Crippen LogP contribution in [-0.2, 0) is 101 Å². The number of phenolic OH excluding ortho intramolecular Hbond substituents is 2. The number of phenols is 2. The Kier molecular flexibility index (Phi) is 40.7. The van der Waals surface area contributed by atoms with E-state index in [0.717, 1.165) is 13.8 Å². The summed E-state index contributed by atoms with van der Waals surface area (Å²) in [6.45, 7) is 12.6. The number of aliphatic carboxylic acids is 3. The highest BCUT2D eigenvalue weighted by molar-refractivity contribution is 6.01. The van der Waals surface area contributed by atoms with Gasteiger partial charge in [-0.05, 0) is 112 Å². The third kappa shape index (κ3) is 34.8. The van der Waals surface area contributed by atoms with Crippen LogP contribution in [-0.4, -0.2) is 232 Å². The molecule has 630 valence electrons. The molecule has 0 radical (unpaired) electrons. The minimum atomic E-state index is -2.06. The summed E-state index contributed by atoms with van der Waals surface area (Å²) in [7, 11) is 0. The van der Waals surface area contributed by atoms with Crippen LogP contribution in [0.1, 0.15) is 149 Å². The number of aliphatic hydroxyl groups is 1. The minimum Gasteiger partial charge on any atom is -0.508 e. The molecule has 1 aromatic heterocycles. The summed E-state index contributed by atoms with van der Waals surface area (Å²) in [5, 5.41) is 88.6. The molecule has 0 bridgehead atoms. The van der Waals surface area contributed by atoms with Gasteiger partial charge in [-0.15, -0.1) is 0 Å². The lowest BCUT2D eigenvalue weighted by atomic mass is 9.95. The lowest BCUT2D eigenvalue weighted by Crippen LogP contribution is -2.62. The van der Waals surface area contributed by atoms with Crippen LogP contribution in [0, 0.1) is 17.8 Å². The zero-order valence-electron chi connectivity index (χ0n) is 64.8. The Hall–Kier alpha value is -11.9. The van der Waals surface area contributed by atoms with Gasteiger partial charge in [0.15, 0.2) is 0 Å². The molecule has 2 aromatic carbocycles. The largest absolute Gasteiger partial charge is 0.508 e. The summed E-state index contributed by atoms with van der Waals surface area (Å²) in [4.78, 5) is 238. The van der Waals surface area contributed by atoms with Crippen molar-refractivity contribution in [2.24, 2.45) is 40.7 Å². The van der Waals surface area contributed by atoms with E-state index in [2.05, 4.69) is 73.8 Å². The Labute approximate surface area is 657 Å². The lowest BCUT2D eigenvalue weighted by Gasteiger charge is -2.30.